The third kappa shape index (κ3) is 3.59. The lowest BCUT2D eigenvalue weighted by molar-refractivity contribution is 0.406. The van der Waals surface area contributed by atoms with Crippen LogP contribution in [0.5, 0.6) is 0 Å². The second kappa shape index (κ2) is 6.63. The molecule has 92 valence electrons. The Hall–Kier alpha value is -0.900. The van der Waals surface area contributed by atoms with Crippen molar-refractivity contribution < 1.29 is 0 Å². The van der Waals surface area contributed by atoms with Crippen LogP contribution in [-0.4, -0.2) is 21.5 Å². The summed E-state index contributed by atoms with van der Waals surface area (Å²) in [5.74, 6) is 0.675. The van der Waals surface area contributed by atoms with Gasteiger partial charge in [0.1, 0.15) is 0 Å². The van der Waals surface area contributed by atoms with E-state index < -0.39 is 0 Å². The van der Waals surface area contributed by atoms with E-state index in [-0.39, 0.29) is 0 Å². The highest BCUT2D eigenvalue weighted by Crippen LogP contribution is 2.20. The summed E-state index contributed by atoms with van der Waals surface area (Å²) >= 11 is 0. The number of nitrogens with zero attached hydrogens (tertiary/aromatic N) is 3. The molecule has 0 radical (unpaired) electrons. The molecule has 16 heavy (non-hydrogen) atoms. The normalized spacial score (nSPS) is 13.3. The van der Waals surface area contributed by atoms with Crippen molar-refractivity contribution >= 4 is 0 Å². The van der Waals surface area contributed by atoms with Crippen LogP contribution in [0.4, 0.5) is 0 Å². The molecule has 1 unspecified atom stereocenters. The van der Waals surface area contributed by atoms with Crippen molar-refractivity contribution in [2.45, 2.75) is 53.1 Å². The molecule has 0 aliphatic rings. The van der Waals surface area contributed by atoms with Crippen molar-refractivity contribution in [1.82, 2.24) is 20.3 Å². The topological polar surface area (TPSA) is 42.7 Å². The molecule has 1 atom stereocenters. The zero-order chi connectivity index (χ0) is 12.0. The van der Waals surface area contributed by atoms with E-state index in [0.29, 0.717) is 12.0 Å². The van der Waals surface area contributed by atoms with Crippen molar-refractivity contribution in [2.75, 3.05) is 6.54 Å². The lowest BCUT2D eigenvalue weighted by atomic mass is 10.0. The van der Waals surface area contributed by atoms with Gasteiger partial charge in [0.15, 0.2) is 0 Å². The van der Waals surface area contributed by atoms with Gasteiger partial charge in [0.25, 0.3) is 0 Å². The molecule has 0 fully saturated rings. The highest BCUT2D eigenvalue weighted by atomic mass is 15.4. The number of rotatable bonds is 7. The van der Waals surface area contributed by atoms with Gasteiger partial charge < -0.3 is 5.32 Å². The molecule has 0 aliphatic carbocycles. The van der Waals surface area contributed by atoms with Crippen molar-refractivity contribution in [2.24, 2.45) is 5.92 Å². The van der Waals surface area contributed by atoms with E-state index in [0.717, 1.165) is 25.9 Å². The summed E-state index contributed by atoms with van der Waals surface area (Å²) in [6.07, 6.45) is 4.12. The summed E-state index contributed by atoms with van der Waals surface area (Å²) in [6, 6.07) is 0.381. The fraction of sp³-hybridized carbons (Fsp3) is 0.833. The SMILES string of the molecule is CCCn1nncc1C(CC(C)C)NCC. The van der Waals surface area contributed by atoms with Gasteiger partial charge in [0.05, 0.1) is 17.9 Å². The quantitative estimate of drug-likeness (QED) is 0.773. The summed E-state index contributed by atoms with van der Waals surface area (Å²) in [5, 5.41) is 11.7. The lowest BCUT2D eigenvalue weighted by Crippen LogP contribution is -2.25. The molecule has 0 saturated heterocycles. The van der Waals surface area contributed by atoms with Crippen molar-refractivity contribution in [3.63, 3.8) is 0 Å². The van der Waals surface area contributed by atoms with Crippen LogP contribution in [0.1, 0.15) is 52.3 Å². The van der Waals surface area contributed by atoms with Crippen molar-refractivity contribution in [3.05, 3.63) is 11.9 Å². The molecule has 1 aromatic heterocycles. The van der Waals surface area contributed by atoms with E-state index >= 15 is 0 Å². The largest absolute Gasteiger partial charge is 0.309 e. The molecule has 0 aromatic carbocycles. The van der Waals surface area contributed by atoms with Gasteiger partial charge in [0.2, 0.25) is 0 Å². The molecule has 0 spiro atoms. The van der Waals surface area contributed by atoms with Gasteiger partial charge in [-0.2, -0.15) is 0 Å². The third-order valence-electron chi connectivity index (χ3n) is 2.60. The summed E-state index contributed by atoms with van der Waals surface area (Å²) in [5.41, 5.74) is 1.22. The lowest BCUT2D eigenvalue weighted by Gasteiger charge is -2.20. The maximum Gasteiger partial charge on any atom is 0.0756 e. The molecular weight excluding hydrogens is 200 g/mol. The molecular formula is C12H24N4. The third-order valence-corrected chi connectivity index (χ3v) is 2.60. The van der Waals surface area contributed by atoms with Crippen LogP contribution in [-0.2, 0) is 6.54 Å². The van der Waals surface area contributed by atoms with Crippen LogP contribution in [0.25, 0.3) is 0 Å². The number of hydrogen-bond donors (Lipinski definition) is 1. The monoisotopic (exact) mass is 224 g/mol. The molecule has 0 saturated carbocycles. The Labute approximate surface area is 98.4 Å². The molecule has 1 N–H and O–H groups in total. The standard InChI is InChI=1S/C12H24N4/c1-5-7-16-12(9-14-15-16)11(13-6-2)8-10(3)4/h9-11,13H,5-8H2,1-4H3. The van der Waals surface area contributed by atoms with E-state index in [9.17, 15) is 0 Å². The van der Waals surface area contributed by atoms with Gasteiger partial charge in [-0.3, -0.25) is 0 Å². The Balaban J connectivity index is 2.78. The first-order chi connectivity index (χ1) is 7.69. The molecule has 0 aliphatic heterocycles. The predicted molar refractivity (Wildman–Crippen MR) is 66.2 cm³/mol. The molecule has 1 heterocycles. The van der Waals surface area contributed by atoms with Crippen LogP contribution in [0, 0.1) is 5.92 Å². The maximum absolute atomic E-state index is 4.14. The molecule has 1 aromatic rings. The first kappa shape index (κ1) is 13.2. The highest BCUT2D eigenvalue weighted by Gasteiger charge is 2.16. The van der Waals surface area contributed by atoms with Gasteiger partial charge in [-0.15, -0.1) is 5.10 Å². The van der Waals surface area contributed by atoms with Crippen LogP contribution >= 0.6 is 0 Å². The first-order valence-electron chi connectivity index (χ1n) is 6.30. The minimum atomic E-state index is 0.381. The van der Waals surface area contributed by atoms with Crippen LogP contribution in [0.3, 0.4) is 0 Å². The maximum atomic E-state index is 4.14. The summed E-state index contributed by atoms with van der Waals surface area (Å²) in [7, 11) is 0. The fourth-order valence-electron chi connectivity index (χ4n) is 1.95. The van der Waals surface area contributed by atoms with Gasteiger partial charge >= 0.3 is 0 Å². The second-order valence-electron chi connectivity index (χ2n) is 4.62. The molecule has 0 bridgehead atoms. The van der Waals surface area contributed by atoms with Gasteiger partial charge in [-0.25, -0.2) is 4.68 Å². The Morgan fingerprint density at radius 3 is 2.69 bits per heavy atom. The van der Waals surface area contributed by atoms with Crippen LogP contribution < -0.4 is 5.32 Å². The molecule has 1 rings (SSSR count). The Morgan fingerprint density at radius 1 is 1.38 bits per heavy atom. The summed E-state index contributed by atoms with van der Waals surface area (Å²) in [4.78, 5) is 0. The minimum absolute atomic E-state index is 0.381. The average Bonchev–Trinajstić information content (AvgIpc) is 2.65. The highest BCUT2D eigenvalue weighted by molar-refractivity contribution is 5.02. The summed E-state index contributed by atoms with van der Waals surface area (Å²) in [6.45, 7) is 10.7. The average molecular weight is 224 g/mol. The van der Waals surface area contributed by atoms with Gasteiger partial charge in [-0.05, 0) is 25.3 Å². The zero-order valence-corrected chi connectivity index (χ0v) is 10.9. The second-order valence-corrected chi connectivity index (χ2v) is 4.62. The fourth-order valence-corrected chi connectivity index (χ4v) is 1.95. The van der Waals surface area contributed by atoms with Gasteiger partial charge in [0, 0.05) is 6.54 Å². The Kier molecular flexibility index (Phi) is 5.46. The van der Waals surface area contributed by atoms with E-state index in [1.54, 1.807) is 0 Å². The number of nitrogens with one attached hydrogen (secondary N) is 1. The minimum Gasteiger partial charge on any atom is -0.309 e. The van der Waals surface area contributed by atoms with Crippen LogP contribution in [0.15, 0.2) is 6.20 Å². The number of hydrogen-bond acceptors (Lipinski definition) is 3. The van der Waals surface area contributed by atoms with E-state index in [1.807, 2.05) is 10.9 Å². The van der Waals surface area contributed by atoms with Crippen molar-refractivity contribution in [1.29, 1.82) is 0 Å². The van der Waals surface area contributed by atoms with Crippen LogP contribution in [0.2, 0.25) is 0 Å². The molecule has 0 amide bonds. The van der Waals surface area contributed by atoms with Gasteiger partial charge in [-0.1, -0.05) is 32.9 Å². The first-order valence-corrected chi connectivity index (χ1v) is 6.30. The van der Waals surface area contributed by atoms with E-state index in [2.05, 4.69) is 43.3 Å². The van der Waals surface area contributed by atoms with E-state index in [1.165, 1.54) is 5.69 Å². The smallest absolute Gasteiger partial charge is 0.0756 e. The number of aromatic nitrogens is 3. The molecule has 4 nitrogen and oxygen atoms in total. The zero-order valence-electron chi connectivity index (χ0n) is 10.9. The Morgan fingerprint density at radius 2 is 2.12 bits per heavy atom. The summed E-state index contributed by atoms with van der Waals surface area (Å²) < 4.78 is 2.02. The van der Waals surface area contributed by atoms with E-state index in [4.69, 9.17) is 0 Å². The Bertz CT molecular complexity index is 293. The van der Waals surface area contributed by atoms with Crippen molar-refractivity contribution in [3.8, 4) is 0 Å². The predicted octanol–water partition coefficient (Wildman–Crippen LogP) is 2.38. The number of aryl methyl sites for hydroxylation is 1. The molecule has 4 heteroatoms.